The lowest BCUT2D eigenvalue weighted by atomic mass is 10.1. The molecule has 2 aliphatic rings. The van der Waals surface area contributed by atoms with Gasteiger partial charge in [-0.2, -0.15) is 0 Å². The number of nitrogens with one attached hydrogen (secondary N) is 1. The molecule has 0 spiro atoms. The summed E-state index contributed by atoms with van der Waals surface area (Å²) in [6.07, 6.45) is 6.14. The second-order valence-corrected chi connectivity index (χ2v) is 5.59. The standard InChI is InChI=1S/C15H22N4O3/c1-2-21-15(20)14-17-7-11(8-18-14)19-5-3-12(4-6-19)22-13-9-16-10-13/h7-8,12-13,16H,2-6,9-10H2,1H3. The van der Waals surface area contributed by atoms with E-state index in [0.29, 0.717) is 18.8 Å². The van der Waals surface area contributed by atoms with E-state index in [0.717, 1.165) is 44.7 Å². The van der Waals surface area contributed by atoms with E-state index in [1.807, 2.05) is 0 Å². The number of hydrogen-bond acceptors (Lipinski definition) is 7. The number of anilines is 1. The Labute approximate surface area is 130 Å². The van der Waals surface area contributed by atoms with E-state index in [1.54, 1.807) is 19.3 Å². The average Bonchev–Trinajstić information content (AvgIpc) is 2.52. The minimum absolute atomic E-state index is 0.112. The molecule has 7 heteroatoms. The number of esters is 1. The summed E-state index contributed by atoms with van der Waals surface area (Å²) in [6.45, 7) is 5.89. The molecule has 0 bridgehead atoms. The first-order valence-corrected chi connectivity index (χ1v) is 7.86. The van der Waals surface area contributed by atoms with Crippen LogP contribution in [0.2, 0.25) is 0 Å². The number of rotatable bonds is 5. The fourth-order valence-corrected chi connectivity index (χ4v) is 2.67. The van der Waals surface area contributed by atoms with Gasteiger partial charge in [0.05, 0.1) is 36.9 Å². The Bertz CT molecular complexity index is 496. The van der Waals surface area contributed by atoms with Crippen molar-refractivity contribution in [1.82, 2.24) is 15.3 Å². The van der Waals surface area contributed by atoms with Crippen molar-refractivity contribution in [3.8, 4) is 0 Å². The Kier molecular flexibility index (Phi) is 4.84. The van der Waals surface area contributed by atoms with E-state index in [2.05, 4.69) is 20.2 Å². The predicted molar refractivity (Wildman–Crippen MR) is 81.0 cm³/mol. The van der Waals surface area contributed by atoms with Crippen molar-refractivity contribution in [2.45, 2.75) is 32.0 Å². The summed E-state index contributed by atoms with van der Waals surface area (Å²) in [5.41, 5.74) is 0.941. The molecule has 0 atom stereocenters. The lowest BCUT2D eigenvalue weighted by Crippen LogP contribution is -2.51. The summed E-state index contributed by atoms with van der Waals surface area (Å²) in [5.74, 6) is -0.364. The SMILES string of the molecule is CCOC(=O)c1ncc(N2CCC(OC3CNC3)CC2)cn1. The molecule has 0 saturated carbocycles. The molecule has 2 saturated heterocycles. The molecule has 22 heavy (non-hydrogen) atoms. The van der Waals surface area contributed by atoms with Gasteiger partial charge in [-0.1, -0.05) is 0 Å². The van der Waals surface area contributed by atoms with Crippen LogP contribution in [0.4, 0.5) is 5.69 Å². The average molecular weight is 306 g/mol. The van der Waals surface area contributed by atoms with Crippen LogP contribution in [0.25, 0.3) is 0 Å². The van der Waals surface area contributed by atoms with Crippen LogP contribution in [-0.4, -0.2) is 60.9 Å². The quantitative estimate of drug-likeness (QED) is 0.799. The lowest BCUT2D eigenvalue weighted by Gasteiger charge is -2.37. The molecule has 120 valence electrons. The smallest absolute Gasteiger partial charge is 0.376 e. The largest absolute Gasteiger partial charge is 0.460 e. The van der Waals surface area contributed by atoms with Gasteiger partial charge in [0.25, 0.3) is 0 Å². The van der Waals surface area contributed by atoms with E-state index in [1.165, 1.54) is 0 Å². The molecular weight excluding hydrogens is 284 g/mol. The molecule has 0 radical (unpaired) electrons. The maximum absolute atomic E-state index is 11.5. The van der Waals surface area contributed by atoms with Gasteiger partial charge in [0.15, 0.2) is 0 Å². The number of aromatic nitrogens is 2. The molecule has 1 aromatic heterocycles. The third-order valence-electron chi connectivity index (χ3n) is 4.03. The van der Waals surface area contributed by atoms with Gasteiger partial charge in [0.2, 0.25) is 5.82 Å². The molecule has 3 heterocycles. The molecule has 2 aliphatic heterocycles. The topological polar surface area (TPSA) is 76.6 Å². The Morgan fingerprint density at radius 1 is 1.27 bits per heavy atom. The Morgan fingerprint density at radius 2 is 1.95 bits per heavy atom. The van der Waals surface area contributed by atoms with Crippen LogP contribution in [0.15, 0.2) is 12.4 Å². The maximum atomic E-state index is 11.5. The summed E-state index contributed by atoms with van der Waals surface area (Å²) in [6, 6.07) is 0. The normalized spacial score (nSPS) is 19.8. The van der Waals surface area contributed by atoms with Gasteiger partial charge >= 0.3 is 5.97 Å². The monoisotopic (exact) mass is 306 g/mol. The van der Waals surface area contributed by atoms with E-state index < -0.39 is 5.97 Å². The summed E-state index contributed by atoms with van der Waals surface area (Å²) in [7, 11) is 0. The van der Waals surface area contributed by atoms with Gasteiger partial charge in [-0.3, -0.25) is 0 Å². The maximum Gasteiger partial charge on any atom is 0.376 e. The summed E-state index contributed by atoms with van der Waals surface area (Å²) < 4.78 is 10.9. The van der Waals surface area contributed by atoms with Crippen LogP contribution in [0.3, 0.4) is 0 Å². The highest BCUT2D eigenvalue weighted by Gasteiger charge is 2.26. The molecule has 7 nitrogen and oxygen atoms in total. The predicted octanol–water partition coefficient (Wildman–Crippen LogP) is 0.611. The van der Waals surface area contributed by atoms with E-state index in [9.17, 15) is 4.79 Å². The summed E-state index contributed by atoms with van der Waals surface area (Å²) >= 11 is 0. The van der Waals surface area contributed by atoms with Gasteiger partial charge < -0.3 is 19.7 Å². The van der Waals surface area contributed by atoms with Crippen LogP contribution in [-0.2, 0) is 9.47 Å². The molecule has 0 aliphatic carbocycles. The number of carbonyl (C=O) groups excluding carboxylic acids is 1. The minimum atomic E-state index is -0.477. The van der Waals surface area contributed by atoms with Gasteiger partial charge in [-0.25, -0.2) is 14.8 Å². The zero-order valence-corrected chi connectivity index (χ0v) is 12.8. The van der Waals surface area contributed by atoms with Crippen molar-refractivity contribution in [2.75, 3.05) is 37.7 Å². The van der Waals surface area contributed by atoms with Crippen molar-refractivity contribution in [2.24, 2.45) is 0 Å². The zero-order chi connectivity index (χ0) is 15.4. The van der Waals surface area contributed by atoms with Gasteiger partial charge in [0.1, 0.15) is 0 Å². The third kappa shape index (κ3) is 3.53. The second-order valence-electron chi connectivity index (χ2n) is 5.59. The summed E-state index contributed by atoms with van der Waals surface area (Å²) in [5, 5.41) is 3.22. The Balaban J connectivity index is 1.51. The van der Waals surface area contributed by atoms with Crippen molar-refractivity contribution >= 4 is 11.7 Å². The molecule has 0 amide bonds. The first-order valence-electron chi connectivity index (χ1n) is 7.86. The highest BCUT2D eigenvalue weighted by Crippen LogP contribution is 2.21. The van der Waals surface area contributed by atoms with Crippen LogP contribution < -0.4 is 10.2 Å². The highest BCUT2D eigenvalue weighted by molar-refractivity contribution is 5.85. The number of carbonyl (C=O) groups is 1. The number of hydrogen-bond donors (Lipinski definition) is 1. The highest BCUT2D eigenvalue weighted by atomic mass is 16.5. The number of nitrogens with zero attached hydrogens (tertiary/aromatic N) is 3. The summed E-state index contributed by atoms with van der Waals surface area (Å²) in [4.78, 5) is 22.0. The number of ether oxygens (including phenoxy) is 2. The van der Waals surface area contributed by atoms with Crippen LogP contribution in [0, 0.1) is 0 Å². The van der Waals surface area contributed by atoms with Crippen LogP contribution in [0.5, 0.6) is 0 Å². The number of piperidine rings is 1. The molecule has 0 aromatic carbocycles. The van der Waals surface area contributed by atoms with Crippen molar-refractivity contribution in [3.05, 3.63) is 18.2 Å². The first-order chi connectivity index (χ1) is 10.8. The lowest BCUT2D eigenvalue weighted by molar-refractivity contribution is -0.0466. The third-order valence-corrected chi connectivity index (χ3v) is 4.03. The molecule has 3 rings (SSSR count). The van der Waals surface area contributed by atoms with E-state index in [-0.39, 0.29) is 5.82 Å². The van der Waals surface area contributed by atoms with E-state index >= 15 is 0 Å². The van der Waals surface area contributed by atoms with Crippen LogP contribution in [0.1, 0.15) is 30.4 Å². The first kappa shape index (κ1) is 15.2. The van der Waals surface area contributed by atoms with Crippen molar-refractivity contribution in [1.29, 1.82) is 0 Å². The van der Waals surface area contributed by atoms with Gasteiger partial charge in [-0.15, -0.1) is 0 Å². The Hall–Kier alpha value is -1.73. The fourth-order valence-electron chi connectivity index (χ4n) is 2.67. The fraction of sp³-hybridized carbons (Fsp3) is 0.667. The molecule has 2 fully saturated rings. The Morgan fingerprint density at radius 3 is 2.50 bits per heavy atom. The van der Waals surface area contributed by atoms with E-state index in [4.69, 9.17) is 9.47 Å². The van der Waals surface area contributed by atoms with Crippen molar-refractivity contribution < 1.29 is 14.3 Å². The van der Waals surface area contributed by atoms with Gasteiger partial charge in [0, 0.05) is 26.2 Å². The molecule has 1 aromatic rings. The van der Waals surface area contributed by atoms with Crippen molar-refractivity contribution in [3.63, 3.8) is 0 Å². The zero-order valence-electron chi connectivity index (χ0n) is 12.8. The minimum Gasteiger partial charge on any atom is -0.460 e. The molecular formula is C15H22N4O3. The second kappa shape index (κ2) is 7.02. The van der Waals surface area contributed by atoms with Gasteiger partial charge in [-0.05, 0) is 19.8 Å². The van der Waals surface area contributed by atoms with Crippen LogP contribution >= 0.6 is 0 Å². The molecule has 0 unspecified atom stereocenters. The molecule has 1 N–H and O–H groups in total.